The van der Waals surface area contributed by atoms with E-state index >= 15 is 0 Å². The van der Waals surface area contributed by atoms with Crippen molar-refractivity contribution in [3.05, 3.63) is 59.7 Å². The van der Waals surface area contributed by atoms with Gasteiger partial charge in [0.05, 0.1) is 5.69 Å². The summed E-state index contributed by atoms with van der Waals surface area (Å²) in [6.45, 7) is 5.66. The summed E-state index contributed by atoms with van der Waals surface area (Å²) in [6.07, 6.45) is 0. The first kappa shape index (κ1) is 18.9. The van der Waals surface area contributed by atoms with Gasteiger partial charge >= 0.3 is 0 Å². The number of hydrogen-bond acceptors (Lipinski definition) is 4. The number of hydrogen-bond donors (Lipinski definition) is 0. The fraction of sp³-hybridized carbons (Fsp3) is 0.350. The number of halogens is 2. The van der Waals surface area contributed by atoms with Crippen LogP contribution in [0.2, 0.25) is 0 Å². The average Bonchev–Trinajstić information content (AvgIpc) is 2.64. The van der Waals surface area contributed by atoms with Gasteiger partial charge in [-0.3, -0.25) is 9.69 Å². The second-order valence-corrected chi connectivity index (χ2v) is 7.52. The van der Waals surface area contributed by atoms with Crippen LogP contribution in [0.1, 0.15) is 17.3 Å². The number of ketones is 1. The maximum Gasteiger partial charge on any atom is 0.159 e. The van der Waals surface area contributed by atoms with Crippen molar-refractivity contribution in [3.8, 4) is 0 Å². The zero-order valence-corrected chi connectivity index (χ0v) is 15.6. The summed E-state index contributed by atoms with van der Waals surface area (Å²) in [5.74, 6) is 0.263. The molecule has 138 valence electrons. The lowest BCUT2D eigenvalue weighted by atomic mass is 10.1. The predicted molar refractivity (Wildman–Crippen MR) is 102 cm³/mol. The normalized spacial score (nSPS) is 15.3. The number of rotatable bonds is 6. The van der Waals surface area contributed by atoms with Crippen LogP contribution in [-0.2, 0) is 0 Å². The Kier molecular flexibility index (Phi) is 6.27. The van der Waals surface area contributed by atoms with E-state index in [1.165, 1.54) is 25.1 Å². The monoisotopic (exact) mass is 376 g/mol. The van der Waals surface area contributed by atoms with Crippen LogP contribution >= 0.6 is 11.8 Å². The summed E-state index contributed by atoms with van der Waals surface area (Å²) >= 11 is 1.71. The Labute approximate surface area is 157 Å². The van der Waals surface area contributed by atoms with Gasteiger partial charge in [-0.15, -0.1) is 11.8 Å². The summed E-state index contributed by atoms with van der Waals surface area (Å²) in [6, 6.07) is 11.3. The Hall–Kier alpha value is -1.92. The maximum absolute atomic E-state index is 14.3. The molecule has 3 rings (SSSR count). The molecule has 0 radical (unpaired) electrons. The molecule has 0 saturated carbocycles. The second kappa shape index (κ2) is 8.64. The number of carbonyl (C=O) groups excluding carboxylic acids is 1. The van der Waals surface area contributed by atoms with Crippen molar-refractivity contribution >= 4 is 23.2 Å². The fourth-order valence-electron chi connectivity index (χ4n) is 3.02. The molecular formula is C20H22F2N2OS. The van der Waals surface area contributed by atoms with Crippen LogP contribution in [0.5, 0.6) is 0 Å². The highest BCUT2D eigenvalue weighted by molar-refractivity contribution is 7.99. The van der Waals surface area contributed by atoms with E-state index in [2.05, 4.69) is 4.90 Å². The number of benzene rings is 2. The highest BCUT2D eigenvalue weighted by Gasteiger charge is 2.19. The molecule has 1 saturated heterocycles. The van der Waals surface area contributed by atoms with Crippen LogP contribution in [0.15, 0.2) is 47.4 Å². The van der Waals surface area contributed by atoms with Crippen molar-refractivity contribution in [2.75, 3.05) is 43.4 Å². The number of piperazine rings is 1. The van der Waals surface area contributed by atoms with Crippen LogP contribution in [0.25, 0.3) is 0 Å². The Morgan fingerprint density at radius 3 is 2.35 bits per heavy atom. The molecule has 3 nitrogen and oxygen atoms in total. The summed E-state index contributed by atoms with van der Waals surface area (Å²) in [4.78, 5) is 16.8. The summed E-state index contributed by atoms with van der Waals surface area (Å²) in [7, 11) is 0. The van der Waals surface area contributed by atoms with E-state index in [0.717, 1.165) is 43.4 Å². The molecular weight excluding hydrogens is 354 g/mol. The van der Waals surface area contributed by atoms with Crippen LogP contribution in [0.3, 0.4) is 0 Å². The van der Waals surface area contributed by atoms with E-state index in [-0.39, 0.29) is 17.4 Å². The number of thioether (sulfide) groups is 1. The van der Waals surface area contributed by atoms with Crippen molar-refractivity contribution < 1.29 is 13.6 Å². The molecule has 0 N–H and O–H groups in total. The quantitative estimate of drug-likeness (QED) is 0.560. The van der Waals surface area contributed by atoms with Gasteiger partial charge < -0.3 is 4.90 Å². The first-order valence-corrected chi connectivity index (χ1v) is 9.67. The summed E-state index contributed by atoms with van der Waals surface area (Å²) < 4.78 is 27.2. The summed E-state index contributed by atoms with van der Waals surface area (Å²) in [5, 5.41) is 0. The Morgan fingerprint density at radius 2 is 1.73 bits per heavy atom. The average molecular weight is 376 g/mol. The maximum atomic E-state index is 14.3. The predicted octanol–water partition coefficient (Wildman–Crippen LogP) is 4.08. The highest BCUT2D eigenvalue weighted by atomic mass is 32.2. The van der Waals surface area contributed by atoms with Gasteiger partial charge in [0, 0.05) is 48.9 Å². The second-order valence-electron chi connectivity index (χ2n) is 6.35. The fourth-order valence-corrected chi connectivity index (χ4v) is 3.93. The van der Waals surface area contributed by atoms with E-state index in [1.54, 1.807) is 36.0 Å². The van der Waals surface area contributed by atoms with Crippen LogP contribution in [0, 0.1) is 11.6 Å². The SMILES string of the molecule is CC(=O)c1ccc(N2CCN(CCSc3ccc(F)cc3)CC2)c(F)c1. The Bertz CT molecular complexity index is 759. The van der Waals surface area contributed by atoms with Gasteiger partial charge in [-0.1, -0.05) is 0 Å². The smallest absolute Gasteiger partial charge is 0.159 e. The molecule has 1 aliphatic rings. The minimum Gasteiger partial charge on any atom is -0.367 e. The highest BCUT2D eigenvalue weighted by Crippen LogP contribution is 2.23. The molecule has 0 unspecified atom stereocenters. The molecule has 1 heterocycles. The van der Waals surface area contributed by atoms with E-state index in [9.17, 15) is 13.6 Å². The molecule has 0 atom stereocenters. The third-order valence-electron chi connectivity index (χ3n) is 4.56. The van der Waals surface area contributed by atoms with Crippen LogP contribution in [0.4, 0.5) is 14.5 Å². The van der Waals surface area contributed by atoms with E-state index in [0.29, 0.717) is 11.3 Å². The third kappa shape index (κ3) is 4.83. The lowest BCUT2D eigenvalue weighted by Gasteiger charge is -2.36. The van der Waals surface area contributed by atoms with E-state index in [1.807, 2.05) is 4.90 Å². The van der Waals surface area contributed by atoms with Crippen molar-refractivity contribution in [1.82, 2.24) is 4.90 Å². The standard InChI is InChI=1S/C20H22F2N2OS/c1-15(25)16-2-7-20(19(22)14-16)24-10-8-23(9-11-24)12-13-26-18-5-3-17(21)4-6-18/h2-7,14H,8-13H2,1H3. The molecule has 1 fully saturated rings. The molecule has 0 aromatic heterocycles. The van der Waals surface area contributed by atoms with Gasteiger partial charge in [-0.25, -0.2) is 8.78 Å². The Balaban J connectivity index is 1.47. The first-order chi connectivity index (χ1) is 12.5. The van der Waals surface area contributed by atoms with Crippen molar-refractivity contribution in [2.24, 2.45) is 0 Å². The Morgan fingerprint density at radius 1 is 1.04 bits per heavy atom. The lowest BCUT2D eigenvalue weighted by Crippen LogP contribution is -2.47. The minimum absolute atomic E-state index is 0.126. The van der Waals surface area contributed by atoms with E-state index in [4.69, 9.17) is 0 Å². The zero-order valence-electron chi connectivity index (χ0n) is 14.8. The molecule has 0 spiro atoms. The van der Waals surface area contributed by atoms with Crippen molar-refractivity contribution in [3.63, 3.8) is 0 Å². The number of Topliss-reactive ketones (excluding diaryl/α,β-unsaturated/α-hetero) is 1. The van der Waals surface area contributed by atoms with Gasteiger partial charge in [-0.2, -0.15) is 0 Å². The zero-order chi connectivity index (χ0) is 18.5. The van der Waals surface area contributed by atoms with Crippen molar-refractivity contribution in [1.29, 1.82) is 0 Å². The topological polar surface area (TPSA) is 23.6 Å². The molecule has 2 aromatic rings. The number of carbonyl (C=O) groups is 1. The molecule has 0 amide bonds. The number of nitrogens with zero attached hydrogens (tertiary/aromatic N) is 2. The molecule has 1 aliphatic heterocycles. The minimum atomic E-state index is -0.335. The van der Waals surface area contributed by atoms with Gasteiger partial charge in [0.2, 0.25) is 0 Å². The van der Waals surface area contributed by atoms with Gasteiger partial charge in [-0.05, 0) is 49.4 Å². The van der Waals surface area contributed by atoms with Gasteiger partial charge in [0.1, 0.15) is 11.6 Å². The molecule has 0 aliphatic carbocycles. The van der Waals surface area contributed by atoms with E-state index < -0.39 is 0 Å². The van der Waals surface area contributed by atoms with Crippen molar-refractivity contribution in [2.45, 2.75) is 11.8 Å². The first-order valence-electron chi connectivity index (χ1n) is 8.69. The molecule has 26 heavy (non-hydrogen) atoms. The molecule has 6 heteroatoms. The molecule has 0 bridgehead atoms. The number of anilines is 1. The molecule has 2 aromatic carbocycles. The largest absolute Gasteiger partial charge is 0.367 e. The van der Waals surface area contributed by atoms with Gasteiger partial charge in [0.15, 0.2) is 5.78 Å². The lowest BCUT2D eigenvalue weighted by molar-refractivity contribution is 0.101. The van der Waals surface area contributed by atoms with Crippen LogP contribution < -0.4 is 4.90 Å². The van der Waals surface area contributed by atoms with Crippen LogP contribution in [-0.4, -0.2) is 49.2 Å². The third-order valence-corrected chi connectivity index (χ3v) is 5.55. The summed E-state index contributed by atoms with van der Waals surface area (Å²) in [5.41, 5.74) is 0.970. The van der Waals surface area contributed by atoms with Gasteiger partial charge in [0.25, 0.3) is 0 Å².